The molecule has 3 rings (SSSR count). The van der Waals surface area contributed by atoms with Crippen LogP contribution in [0.25, 0.3) is 0 Å². The quantitative estimate of drug-likeness (QED) is 0.920. The fraction of sp³-hybridized carbons (Fsp3) is 0.294. The van der Waals surface area contributed by atoms with E-state index in [0.29, 0.717) is 6.54 Å². The lowest BCUT2D eigenvalue weighted by Crippen LogP contribution is -2.37. The average molecular weight is 351 g/mol. The SMILES string of the molecule is O=C(NC1CCN(c2ccccn2)C1)c1ccc(OC(F)(F)F)cc1. The van der Waals surface area contributed by atoms with Crippen molar-refractivity contribution in [3.8, 4) is 5.75 Å². The van der Waals surface area contributed by atoms with Crippen LogP contribution in [-0.4, -0.2) is 36.4 Å². The molecule has 25 heavy (non-hydrogen) atoms. The van der Waals surface area contributed by atoms with E-state index < -0.39 is 6.36 Å². The second kappa shape index (κ2) is 7.00. The molecular formula is C17H16F3N3O2. The summed E-state index contributed by atoms with van der Waals surface area (Å²) in [7, 11) is 0. The van der Waals surface area contributed by atoms with Gasteiger partial charge in [-0.15, -0.1) is 13.2 Å². The maximum Gasteiger partial charge on any atom is 0.573 e. The minimum absolute atomic E-state index is 0.0411. The maximum absolute atomic E-state index is 12.2. The molecule has 2 aromatic rings. The van der Waals surface area contributed by atoms with E-state index in [2.05, 4.69) is 19.9 Å². The van der Waals surface area contributed by atoms with Gasteiger partial charge in [0, 0.05) is 30.9 Å². The highest BCUT2D eigenvalue weighted by Crippen LogP contribution is 2.23. The van der Waals surface area contributed by atoms with Crippen molar-refractivity contribution >= 4 is 11.7 Å². The number of anilines is 1. The summed E-state index contributed by atoms with van der Waals surface area (Å²) in [6.07, 6.45) is -2.26. The topological polar surface area (TPSA) is 54.5 Å². The van der Waals surface area contributed by atoms with Crippen LogP contribution >= 0.6 is 0 Å². The van der Waals surface area contributed by atoms with E-state index in [0.717, 1.165) is 30.9 Å². The normalized spacial score (nSPS) is 17.4. The number of halogens is 3. The van der Waals surface area contributed by atoms with Crippen LogP contribution in [0.1, 0.15) is 16.8 Å². The number of ether oxygens (including phenoxy) is 1. The third-order valence-electron chi connectivity index (χ3n) is 3.85. The second-order valence-electron chi connectivity index (χ2n) is 5.67. The van der Waals surface area contributed by atoms with Gasteiger partial charge in [-0.3, -0.25) is 4.79 Å². The van der Waals surface area contributed by atoms with E-state index in [1.165, 1.54) is 12.1 Å². The summed E-state index contributed by atoms with van der Waals surface area (Å²) >= 11 is 0. The molecule has 1 aromatic heterocycles. The molecule has 1 aliphatic rings. The van der Waals surface area contributed by atoms with Crippen molar-refractivity contribution in [2.75, 3.05) is 18.0 Å². The first-order valence-corrected chi connectivity index (χ1v) is 7.73. The van der Waals surface area contributed by atoms with E-state index >= 15 is 0 Å². The number of carbonyl (C=O) groups is 1. The number of aromatic nitrogens is 1. The van der Waals surface area contributed by atoms with Crippen LogP contribution in [-0.2, 0) is 0 Å². The largest absolute Gasteiger partial charge is 0.573 e. The molecule has 1 saturated heterocycles. The molecule has 1 fully saturated rings. The Morgan fingerprint density at radius 3 is 2.60 bits per heavy atom. The zero-order chi connectivity index (χ0) is 17.9. The number of pyridine rings is 1. The summed E-state index contributed by atoms with van der Waals surface area (Å²) in [6, 6.07) is 10.5. The molecule has 1 unspecified atom stereocenters. The van der Waals surface area contributed by atoms with Gasteiger partial charge >= 0.3 is 6.36 Å². The predicted molar refractivity (Wildman–Crippen MR) is 85.4 cm³/mol. The van der Waals surface area contributed by atoms with Crippen LogP contribution in [0.15, 0.2) is 48.7 Å². The van der Waals surface area contributed by atoms with Crippen molar-refractivity contribution < 1.29 is 22.7 Å². The molecule has 5 nitrogen and oxygen atoms in total. The number of rotatable bonds is 4. The summed E-state index contributed by atoms with van der Waals surface area (Å²) in [5.41, 5.74) is 0.283. The third kappa shape index (κ3) is 4.62. The molecule has 1 N–H and O–H groups in total. The Kier molecular flexibility index (Phi) is 4.78. The Labute approximate surface area is 142 Å². The van der Waals surface area contributed by atoms with Crippen LogP contribution in [0.4, 0.5) is 19.0 Å². The number of benzene rings is 1. The fourth-order valence-electron chi connectivity index (χ4n) is 2.70. The van der Waals surface area contributed by atoms with Gasteiger partial charge in [-0.1, -0.05) is 6.07 Å². The summed E-state index contributed by atoms with van der Waals surface area (Å²) in [5, 5.41) is 2.89. The van der Waals surface area contributed by atoms with E-state index in [-0.39, 0.29) is 23.3 Å². The number of alkyl halides is 3. The zero-order valence-electron chi connectivity index (χ0n) is 13.2. The van der Waals surface area contributed by atoms with Gasteiger partial charge < -0.3 is 15.0 Å². The molecule has 1 atom stereocenters. The number of amides is 1. The van der Waals surface area contributed by atoms with E-state index in [9.17, 15) is 18.0 Å². The molecule has 0 aliphatic carbocycles. The van der Waals surface area contributed by atoms with E-state index in [1.54, 1.807) is 6.20 Å². The standard InChI is InChI=1S/C17H16F3N3O2/c18-17(19,20)25-14-6-4-12(5-7-14)16(24)22-13-8-10-23(11-13)15-3-1-2-9-21-15/h1-7,9,13H,8,10-11H2,(H,22,24). The highest BCUT2D eigenvalue weighted by atomic mass is 19.4. The number of nitrogens with one attached hydrogen (secondary N) is 1. The van der Waals surface area contributed by atoms with Gasteiger partial charge in [-0.05, 0) is 42.8 Å². The Bertz CT molecular complexity index is 720. The van der Waals surface area contributed by atoms with Crippen molar-refractivity contribution in [3.63, 3.8) is 0 Å². The Hall–Kier alpha value is -2.77. The first kappa shape index (κ1) is 17.1. The molecule has 132 valence electrons. The van der Waals surface area contributed by atoms with E-state index in [1.807, 2.05) is 18.2 Å². The van der Waals surface area contributed by atoms with Gasteiger partial charge in [-0.25, -0.2) is 4.98 Å². The summed E-state index contributed by atoms with van der Waals surface area (Å²) < 4.78 is 40.2. The molecule has 8 heteroatoms. The molecule has 1 amide bonds. The molecule has 0 radical (unpaired) electrons. The van der Waals surface area contributed by atoms with E-state index in [4.69, 9.17) is 0 Å². The monoisotopic (exact) mass is 351 g/mol. The minimum Gasteiger partial charge on any atom is -0.406 e. The van der Waals surface area contributed by atoms with Crippen LogP contribution in [0.5, 0.6) is 5.75 Å². The highest BCUT2D eigenvalue weighted by Gasteiger charge is 2.31. The molecule has 0 saturated carbocycles. The summed E-state index contributed by atoms with van der Waals surface area (Å²) in [4.78, 5) is 18.6. The molecule has 2 heterocycles. The summed E-state index contributed by atoms with van der Waals surface area (Å²) in [6.45, 7) is 1.42. The first-order valence-electron chi connectivity index (χ1n) is 7.73. The molecule has 1 aromatic carbocycles. The molecular weight excluding hydrogens is 335 g/mol. The maximum atomic E-state index is 12.2. The van der Waals surface area contributed by atoms with Gasteiger partial charge in [0.05, 0.1) is 0 Å². The van der Waals surface area contributed by atoms with Crippen molar-refractivity contribution in [2.45, 2.75) is 18.8 Å². The van der Waals surface area contributed by atoms with Crippen LogP contribution < -0.4 is 15.0 Å². The van der Waals surface area contributed by atoms with Crippen molar-refractivity contribution in [3.05, 3.63) is 54.2 Å². The van der Waals surface area contributed by atoms with Gasteiger partial charge in [0.25, 0.3) is 5.91 Å². The Balaban J connectivity index is 1.56. The van der Waals surface area contributed by atoms with Crippen LogP contribution in [0.3, 0.4) is 0 Å². The lowest BCUT2D eigenvalue weighted by molar-refractivity contribution is -0.274. The first-order chi connectivity index (χ1) is 11.9. The molecule has 1 aliphatic heterocycles. The van der Waals surface area contributed by atoms with Crippen molar-refractivity contribution in [1.29, 1.82) is 0 Å². The second-order valence-corrected chi connectivity index (χ2v) is 5.67. The predicted octanol–water partition coefficient (Wildman–Crippen LogP) is 2.99. The Morgan fingerprint density at radius 1 is 1.20 bits per heavy atom. The smallest absolute Gasteiger partial charge is 0.406 e. The summed E-state index contributed by atoms with van der Waals surface area (Å²) in [5.74, 6) is 0.172. The van der Waals surface area contributed by atoms with Gasteiger partial charge in [0.15, 0.2) is 0 Å². The minimum atomic E-state index is -4.75. The van der Waals surface area contributed by atoms with Crippen molar-refractivity contribution in [2.24, 2.45) is 0 Å². The van der Waals surface area contributed by atoms with Gasteiger partial charge in [-0.2, -0.15) is 0 Å². The van der Waals surface area contributed by atoms with Crippen molar-refractivity contribution in [1.82, 2.24) is 10.3 Å². The lowest BCUT2D eigenvalue weighted by atomic mass is 10.2. The molecule has 0 bridgehead atoms. The van der Waals surface area contributed by atoms with Gasteiger partial charge in [0.2, 0.25) is 0 Å². The zero-order valence-corrected chi connectivity index (χ0v) is 13.2. The van der Waals surface area contributed by atoms with Crippen LogP contribution in [0.2, 0.25) is 0 Å². The third-order valence-corrected chi connectivity index (χ3v) is 3.85. The number of nitrogens with zero attached hydrogens (tertiary/aromatic N) is 2. The number of hydrogen-bond acceptors (Lipinski definition) is 4. The number of hydrogen-bond donors (Lipinski definition) is 1. The van der Waals surface area contributed by atoms with Gasteiger partial charge in [0.1, 0.15) is 11.6 Å². The lowest BCUT2D eigenvalue weighted by Gasteiger charge is -2.17. The molecule has 0 spiro atoms. The average Bonchev–Trinajstić information content (AvgIpc) is 3.03. The van der Waals surface area contributed by atoms with Crippen LogP contribution in [0, 0.1) is 0 Å². The highest BCUT2D eigenvalue weighted by molar-refractivity contribution is 5.94. The Morgan fingerprint density at radius 2 is 1.96 bits per heavy atom. The fourth-order valence-corrected chi connectivity index (χ4v) is 2.70. The number of carbonyl (C=O) groups excluding carboxylic acids is 1.